The van der Waals surface area contributed by atoms with Crippen LogP contribution in [0.25, 0.3) is 0 Å². The van der Waals surface area contributed by atoms with Crippen molar-refractivity contribution in [3.8, 4) is 5.75 Å². The number of Topliss-reactive ketones (excluding diaryl/α,β-unsaturated/α-hetero) is 2. The maximum Gasteiger partial charge on any atom is 0.355 e. The highest BCUT2D eigenvalue weighted by molar-refractivity contribution is 6.02. The molecule has 6 N–H and O–H groups in total. The number of aromatic nitrogens is 2. The Morgan fingerprint density at radius 2 is 1.54 bits per heavy atom. The lowest BCUT2D eigenvalue weighted by molar-refractivity contribution is -0.157. The van der Waals surface area contributed by atoms with E-state index in [4.69, 9.17) is 13.9 Å². The fraction of sp³-hybridized carbons (Fsp3) is 0.452. The first-order chi connectivity index (χ1) is 48.1. The molecule has 5 aliphatic rings. The average Bonchev–Trinajstić information content (AvgIpc) is 1.79. The average molecular weight is 1390 g/mol. The van der Waals surface area contributed by atoms with Gasteiger partial charge in [0.25, 0.3) is 11.8 Å². The molecule has 538 valence electrons. The molecule has 8 amide bonds. The third-order valence-corrected chi connectivity index (χ3v) is 18.0. The van der Waals surface area contributed by atoms with Crippen LogP contribution in [-0.4, -0.2) is 206 Å². The van der Waals surface area contributed by atoms with Gasteiger partial charge < -0.3 is 69.9 Å². The minimum absolute atomic E-state index is 0.0299. The summed E-state index contributed by atoms with van der Waals surface area (Å²) in [4.78, 5) is 180. The van der Waals surface area contributed by atoms with Gasteiger partial charge in [-0.15, -0.1) is 0 Å². The summed E-state index contributed by atoms with van der Waals surface area (Å²) in [6.07, 6.45) is 9.66. The highest BCUT2D eigenvalue weighted by Crippen LogP contribution is 2.29. The van der Waals surface area contributed by atoms with Crippen LogP contribution in [0.15, 0.2) is 131 Å². The molecule has 101 heavy (non-hydrogen) atoms. The van der Waals surface area contributed by atoms with Crippen molar-refractivity contribution in [3.63, 3.8) is 0 Å². The van der Waals surface area contributed by atoms with Crippen molar-refractivity contribution >= 4 is 76.4 Å². The number of aliphatic hydroxyl groups excluding tert-OH is 1. The number of pyridine rings is 1. The summed E-state index contributed by atoms with van der Waals surface area (Å²) in [5.41, 5.74) is 2.26. The predicted molar refractivity (Wildman–Crippen MR) is 366 cm³/mol. The number of anilines is 1. The number of aliphatic hydroxyl groups is 1. The van der Waals surface area contributed by atoms with Gasteiger partial charge in [-0.25, -0.2) is 19.6 Å². The van der Waals surface area contributed by atoms with Gasteiger partial charge in [0, 0.05) is 90.8 Å². The zero-order valence-corrected chi connectivity index (χ0v) is 58.2. The van der Waals surface area contributed by atoms with Crippen LogP contribution in [0.5, 0.6) is 5.75 Å². The molecule has 9 rings (SSSR count). The van der Waals surface area contributed by atoms with Gasteiger partial charge in [-0.2, -0.15) is 0 Å². The quantitative estimate of drug-likeness (QED) is 0.136. The number of hydrogen-bond acceptors (Lipinski definition) is 20. The van der Waals surface area contributed by atoms with Gasteiger partial charge in [-0.05, 0) is 86.9 Å². The number of amides is 8. The maximum atomic E-state index is 15.0. The van der Waals surface area contributed by atoms with Gasteiger partial charge in [-0.1, -0.05) is 106 Å². The van der Waals surface area contributed by atoms with Crippen molar-refractivity contribution in [1.29, 1.82) is 0 Å². The van der Waals surface area contributed by atoms with Gasteiger partial charge in [-0.3, -0.25) is 47.9 Å². The van der Waals surface area contributed by atoms with Crippen molar-refractivity contribution in [2.45, 2.75) is 154 Å². The first-order valence-electron chi connectivity index (χ1n) is 33.8. The van der Waals surface area contributed by atoms with Gasteiger partial charge >= 0.3 is 11.9 Å². The fourth-order valence-corrected chi connectivity index (χ4v) is 12.5. The predicted octanol–water partition coefficient (Wildman–Crippen LogP) is 3.93. The second kappa shape index (κ2) is 34.9. The smallest absolute Gasteiger partial charge is 0.355 e. The number of oxazole rings is 1. The number of nitrogens with zero attached hydrogens (tertiary/aromatic N) is 7. The highest BCUT2D eigenvalue weighted by Gasteiger charge is 2.46. The van der Waals surface area contributed by atoms with Crippen molar-refractivity contribution in [2.75, 3.05) is 52.2 Å². The van der Waals surface area contributed by atoms with Crippen LogP contribution in [0.3, 0.4) is 0 Å². The largest absolute Gasteiger partial charge is 0.505 e. The third kappa shape index (κ3) is 19.6. The van der Waals surface area contributed by atoms with Crippen LogP contribution in [-0.2, 0) is 70.3 Å². The molecule has 5 aliphatic heterocycles. The van der Waals surface area contributed by atoms with E-state index in [0.29, 0.717) is 18.4 Å². The molecule has 0 spiro atoms. The Morgan fingerprint density at radius 1 is 0.822 bits per heavy atom. The topological polar surface area (TPSA) is 367 Å². The summed E-state index contributed by atoms with van der Waals surface area (Å²) >= 11 is 0. The number of ketones is 2. The number of likely N-dealkylation sites (N-methyl/N-ethyl adjacent to an activating group) is 1. The molecular weight excluding hydrogens is 1300 g/mol. The molecule has 0 unspecified atom stereocenters. The number of ether oxygens (including phenoxy) is 2. The van der Waals surface area contributed by atoms with Crippen LogP contribution >= 0.6 is 0 Å². The van der Waals surface area contributed by atoms with E-state index in [1.165, 1.54) is 58.0 Å². The molecule has 7 heterocycles. The molecule has 2 aromatic heterocycles. The second-order valence-corrected chi connectivity index (χ2v) is 26.1. The lowest BCUT2D eigenvalue weighted by atomic mass is 9.94. The Balaban J connectivity index is 0.000000291. The molecule has 0 radical (unpaired) electrons. The first kappa shape index (κ1) is 76.1. The van der Waals surface area contributed by atoms with E-state index in [-0.39, 0.29) is 123 Å². The second-order valence-electron chi connectivity index (χ2n) is 26.1. The molecule has 4 aromatic rings. The third-order valence-electron chi connectivity index (χ3n) is 18.0. The number of esters is 2. The lowest BCUT2D eigenvalue weighted by Crippen LogP contribution is -2.61. The Bertz CT molecular complexity index is 3860. The van der Waals surface area contributed by atoms with E-state index >= 15 is 0 Å². The van der Waals surface area contributed by atoms with Crippen LogP contribution in [0.2, 0.25) is 0 Å². The minimum atomic E-state index is -1.68. The zero-order chi connectivity index (χ0) is 73.4. The summed E-state index contributed by atoms with van der Waals surface area (Å²) in [6.45, 7) is 11.0. The van der Waals surface area contributed by atoms with E-state index in [1.807, 2.05) is 64.0 Å². The summed E-state index contributed by atoms with van der Waals surface area (Å²) in [5, 5.41) is 31.2. The molecule has 28 heteroatoms. The summed E-state index contributed by atoms with van der Waals surface area (Å²) in [6, 6.07) is 10.1. The number of carbonyl (C=O) groups is 12. The highest BCUT2D eigenvalue weighted by atomic mass is 16.6. The Labute approximate surface area is 585 Å². The SMILES string of the molecule is CC1=C/[C@@H](O)CC(=O)Cc2nc(co2)C(=O)N2CCC=C2C(=O)O[C@H](C(C)C)[C@H](C)/C=C\C(=O)NC/C=C\1.CC[C@H]1NC(=O)[C@@H](NC(=O)c2ncccc2O)[C@@H](C)OC(=O)[C@@H](c2ccccc2)NC(=O)[C@@H]2CC(=O)CCN2C(=O)[C@@H](Cc2ccc(N(C)C)cc2)N(C)C(=O)[C@@H]2CCCN2C1=O. The molecule has 3 fully saturated rings. The van der Waals surface area contributed by atoms with Crippen molar-refractivity contribution in [1.82, 2.24) is 50.8 Å². The number of allylic oxidation sites excluding steroid dienone is 2. The number of aromatic hydroxyl groups is 1. The minimum Gasteiger partial charge on any atom is -0.505 e. The molecule has 0 aliphatic carbocycles. The molecule has 28 nitrogen and oxygen atoms in total. The monoisotopic (exact) mass is 1390 g/mol. The van der Waals surface area contributed by atoms with E-state index in [9.17, 15) is 67.7 Å². The molecule has 3 saturated heterocycles. The number of hydrogen-bond donors (Lipinski definition) is 6. The van der Waals surface area contributed by atoms with Gasteiger partial charge in [0.1, 0.15) is 71.7 Å². The molecule has 2 bridgehead atoms. The van der Waals surface area contributed by atoms with Gasteiger partial charge in [0.15, 0.2) is 17.4 Å². The molecule has 0 saturated carbocycles. The van der Waals surface area contributed by atoms with Crippen LogP contribution in [0, 0.1) is 11.8 Å². The maximum absolute atomic E-state index is 15.0. The number of fused-ring (bicyclic) bond motifs is 5. The first-order valence-corrected chi connectivity index (χ1v) is 33.8. The zero-order valence-electron chi connectivity index (χ0n) is 58.2. The van der Waals surface area contributed by atoms with E-state index < -0.39 is 119 Å². The van der Waals surface area contributed by atoms with Crippen LogP contribution < -0.4 is 26.2 Å². The summed E-state index contributed by atoms with van der Waals surface area (Å²) in [5.74, 6) is -8.40. The Morgan fingerprint density at radius 3 is 2.24 bits per heavy atom. The lowest BCUT2D eigenvalue weighted by Gasteiger charge is -2.40. The van der Waals surface area contributed by atoms with E-state index in [0.717, 1.165) is 17.5 Å². The van der Waals surface area contributed by atoms with Crippen LogP contribution in [0.4, 0.5) is 5.69 Å². The summed E-state index contributed by atoms with van der Waals surface area (Å²) < 4.78 is 17.0. The van der Waals surface area contributed by atoms with Gasteiger partial charge in [0.2, 0.25) is 41.3 Å². The van der Waals surface area contributed by atoms with E-state index in [2.05, 4.69) is 31.2 Å². The molecule has 10 atom stereocenters. The van der Waals surface area contributed by atoms with Gasteiger partial charge in [0.05, 0.1) is 12.5 Å². The number of benzene rings is 2. The standard InChI is InChI=1S/C45H54N8O10.C28H35N3O7/c1-6-31-42(59)52-22-11-14-32(52)43(60)51(5)34(24-27-16-18-29(19-17-27)50(3)4)44(61)53-23-20-30(54)25-33(53)39(56)49-37(28-12-8-7-9-13-28)45(62)63-26(2)36(40(57)47-31)48-41(58)38-35(55)15-10-21-46-38;1-17(2)26-19(4)9-10-24(34)29-11-5-7-18(3)13-20(32)14-21(33)15-25-30-22(16-37-25)27(35)31-12-6-8-23(31)28(36)38-26/h7-10,12-13,15-19,21,26,31-34,36-37,55H,6,11,14,20,22-25H2,1-5H3,(H,47,57)(H,48,58)(H,49,56);5,7-10,13,16-17,19-20,26,32H,6,11-12,14-15H2,1-4H3,(H,29,34)/b;7-5-,10-9-,18-13-/t26-,31-,32+,33+,34-,36+,37-;19-,20-,26-/m11/s1. The Kier molecular flexibility index (Phi) is 26.3. The number of carbonyl (C=O) groups excluding carboxylic acids is 12. The van der Waals surface area contributed by atoms with Crippen LogP contribution in [0.1, 0.15) is 131 Å². The molecular formula is C73H89N11O17. The number of cyclic esters (lactones) is 2. The number of nitrogens with one attached hydrogen (secondary N) is 4. The number of rotatable bonds is 8. The van der Waals surface area contributed by atoms with Crippen molar-refractivity contribution in [2.24, 2.45) is 11.8 Å². The van der Waals surface area contributed by atoms with E-state index in [1.54, 1.807) is 74.6 Å². The van der Waals surface area contributed by atoms with Crippen molar-refractivity contribution < 1.29 is 81.6 Å². The van der Waals surface area contributed by atoms with Crippen molar-refractivity contribution in [3.05, 3.63) is 155 Å². The number of piperidine rings is 1. The molecule has 2 aromatic carbocycles. The normalized spacial score (nSPS) is 26.3. The fourth-order valence-electron chi connectivity index (χ4n) is 12.5. The summed E-state index contributed by atoms with van der Waals surface area (Å²) in [7, 11) is 5.25. The Hall–Kier alpha value is -10.6.